The molecule has 0 aliphatic rings. The topological polar surface area (TPSA) is 24.1 Å². The highest BCUT2D eigenvalue weighted by atomic mass is 79.9. The number of halogens is 2. The summed E-state index contributed by atoms with van der Waals surface area (Å²) >= 11 is 14.8. The Morgan fingerprint density at radius 2 is 1.79 bits per heavy atom. The van der Waals surface area contributed by atoms with Crippen LogP contribution in [0.2, 0.25) is 5.02 Å². The van der Waals surface area contributed by atoms with Gasteiger partial charge in [-0.3, -0.25) is 0 Å². The summed E-state index contributed by atoms with van der Waals surface area (Å²) in [4.78, 5) is 0. The van der Waals surface area contributed by atoms with E-state index in [4.69, 9.17) is 23.8 Å². The molecule has 0 bridgehead atoms. The first-order valence-electron chi connectivity index (χ1n) is 5.65. The third-order valence-corrected chi connectivity index (χ3v) is 3.68. The monoisotopic (exact) mass is 354 g/mol. The average Bonchev–Trinajstić information content (AvgIpc) is 2.36. The van der Waals surface area contributed by atoms with Crippen molar-refractivity contribution in [3.05, 3.63) is 57.5 Å². The number of rotatable bonds is 2. The summed E-state index contributed by atoms with van der Waals surface area (Å²) in [5, 5.41) is 7.33. The first kappa shape index (κ1) is 14.3. The summed E-state index contributed by atoms with van der Waals surface area (Å²) in [6.07, 6.45) is 0. The molecule has 0 amide bonds. The molecule has 2 N–H and O–H groups in total. The Kier molecular flexibility index (Phi) is 4.80. The summed E-state index contributed by atoms with van der Waals surface area (Å²) in [7, 11) is 0. The van der Waals surface area contributed by atoms with Gasteiger partial charge in [0.05, 0.1) is 16.4 Å². The van der Waals surface area contributed by atoms with Crippen molar-refractivity contribution in [3.8, 4) is 0 Å². The van der Waals surface area contributed by atoms with E-state index in [1.807, 2.05) is 49.4 Å². The van der Waals surface area contributed by atoms with Gasteiger partial charge in [-0.25, -0.2) is 0 Å². The quantitative estimate of drug-likeness (QED) is 0.722. The lowest BCUT2D eigenvalue weighted by molar-refractivity contribution is 1.44. The van der Waals surface area contributed by atoms with Crippen LogP contribution in [-0.4, -0.2) is 5.11 Å². The second-order valence-corrected chi connectivity index (χ2v) is 5.71. The minimum absolute atomic E-state index is 0.498. The van der Waals surface area contributed by atoms with Gasteiger partial charge in [-0.1, -0.05) is 29.8 Å². The van der Waals surface area contributed by atoms with Crippen molar-refractivity contribution >= 4 is 56.2 Å². The molecule has 0 atom stereocenters. The van der Waals surface area contributed by atoms with Gasteiger partial charge < -0.3 is 10.6 Å². The lowest BCUT2D eigenvalue weighted by Gasteiger charge is -2.13. The van der Waals surface area contributed by atoms with E-state index in [1.165, 1.54) is 5.56 Å². The highest BCUT2D eigenvalue weighted by Gasteiger charge is 2.04. The van der Waals surface area contributed by atoms with Crippen molar-refractivity contribution in [2.24, 2.45) is 0 Å². The molecule has 98 valence electrons. The van der Waals surface area contributed by atoms with E-state index in [0.717, 1.165) is 15.8 Å². The van der Waals surface area contributed by atoms with Gasteiger partial charge in [-0.05, 0) is 64.9 Å². The maximum absolute atomic E-state index is 6.06. The van der Waals surface area contributed by atoms with E-state index >= 15 is 0 Å². The minimum atomic E-state index is 0.498. The molecular formula is C14H12BrClN2S. The molecule has 0 aliphatic heterocycles. The smallest absolute Gasteiger partial charge is 0.175 e. The predicted octanol–water partition coefficient (Wildman–Crippen LogP) is 5.22. The van der Waals surface area contributed by atoms with Crippen LogP contribution in [0.5, 0.6) is 0 Å². The summed E-state index contributed by atoms with van der Waals surface area (Å²) in [5.74, 6) is 0. The first-order chi connectivity index (χ1) is 9.06. The second kappa shape index (κ2) is 6.37. The van der Waals surface area contributed by atoms with Gasteiger partial charge in [0, 0.05) is 4.47 Å². The summed E-state index contributed by atoms with van der Waals surface area (Å²) in [6, 6.07) is 13.5. The lowest BCUT2D eigenvalue weighted by Crippen LogP contribution is -2.19. The van der Waals surface area contributed by atoms with E-state index in [2.05, 4.69) is 26.6 Å². The Bertz CT molecular complexity index is 616. The number of thiocarbonyl (C=S) groups is 1. The zero-order chi connectivity index (χ0) is 13.8. The van der Waals surface area contributed by atoms with Crippen LogP contribution in [0.1, 0.15) is 5.56 Å². The van der Waals surface area contributed by atoms with Crippen molar-refractivity contribution in [2.45, 2.75) is 6.92 Å². The maximum Gasteiger partial charge on any atom is 0.175 e. The summed E-state index contributed by atoms with van der Waals surface area (Å²) in [6.45, 7) is 2.04. The number of aryl methyl sites for hydroxylation is 1. The summed E-state index contributed by atoms with van der Waals surface area (Å²) in [5.41, 5.74) is 2.88. The van der Waals surface area contributed by atoms with Gasteiger partial charge in [0.2, 0.25) is 0 Å². The number of anilines is 2. The van der Waals surface area contributed by atoms with Gasteiger partial charge in [0.15, 0.2) is 5.11 Å². The van der Waals surface area contributed by atoms with Crippen LogP contribution < -0.4 is 10.6 Å². The largest absolute Gasteiger partial charge is 0.332 e. The number of para-hydroxylation sites is 1. The zero-order valence-electron chi connectivity index (χ0n) is 10.2. The lowest BCUT2D eigenvalue weighted by atomic mass is 10.2. The molecule has 0 spiro atoms. The molecule has 0 aromatic heterocycles. The van der Waals surface area contributed by atoms with Gasteiger partial charge in [-0.15, -0.1) is 0 Å². The molecule has 2 nitrogen and oxygen atoms in total. The fourth-order valence-electron chi connectivity index (χ4n) is 1.56. The Morgan fingerprint density at radius 1 is 1.11 bits per heavy atom. The highest BCUT2D eigenvalue weighted by molar-refractivity contribution is 9.10. The fraction of sp³-hybridized carbons (Fsp3) is 0.0714. The van der Waals surface area contributed by atoms with Gasteiger partial charge >= 0.3 is 0 Å². The number of nitrogens with one attached hydrogen (secondary N) is 2. The normalized spacial score (nSPS) is 10.1. The maximum atomic E-state index is 6.06. The molecule has 2 rings (SSSR count). The van der Waals surface area contributed by atoms with Gasteiger partial charge in [-0.2, -0.15) is 0 Å². The molecule has 0 heterocycles. The van der Waals surface area contributed by atoms with E-state index in [0.29, 0.717) is 10.1 Å². The predicted molar refractivity (Wildman–Crippen MR) is 90.2 cm³/mol. The number of hydrogen-bond donors (Lipinski definition) is 2. The SMILES string of the molecule is Cc1ccc(NC(=S)Nc2ccccc2Cl)c(Br)c1. The second-order valence-electron chi connectivity index (χ2n) is 4.04. The highest BCUT2D eigenvalue weighted by Crippen LogP contribution is 2.24. The van der Waals surface area contributed by atoms with E-state index in [1.54, 1.807) is 0 Å². The van der Waals surface area contributed by atoms with Gasteiger partial charge in [0.25, 0.3) is 0 Å². The van der Waals surface area contributed by atoms with Crippen molar-refractivity contribution in [2.75, 3.05) is 10.6 Å². The van der Waals surface area contributed by atoms with Crippen LogP contribution in [0.15, 0.2) is 46.9 Å². The Morgan fingerprint density at radius 3 is 2.47 bits per heavy atom. The Hall–Kier alpha value is -1.10. The molecule has 2 aromatic carbocycles. The first-order valence-corrected chi connectivity index (χ1v) is 7.23. The Balaban J connectivity index is 2.08. The van der Waals surface area contributed by atoms with E-state index < -0.39 is 0 Å². The van der Waals surface area contributed by atoms with Crippen LogP contribution in [0.3, 0.4) is 0 Å². The van der Waals surface area contributed by atoms with Crippen LogP contribution in [0, 0.1) is 6.92 Å². The number of hydrogen-bond acceptors (Lipinski definition) is 1. The molecule has 19 heavy (non-hydrogen) atoms. The molecule has 0 aliphatic carbocycles. The third-order valence-electron chi connectivity index (χ3n) is 2.49. The van der Waals surface area contributed by atoms with Crippen molar-refractivity contribution in [1.82, 2.24) is 0 Å². The minimum Gasteiger partial charge on any atom is -0.332 e. The molecular weight excluding hydrogens is 344 g/mol. The van der Waals surface area contributed by atoms with Crippen molar-refractivity contribution < 1.29 is 0 Å². The van der Waals surface area contributed by atoms with E-state index in [-0.39, 0.29) is 0 Å². The van der Waals surface area contributed by atoms with Crippen molar-refractivity contribution in [3.63, 3.8) is 0 Å². The Labute approximate surface area is 131 Å². The fourth-order valence-corrected chi connectivity index (χ4v) is 2.56. The van der Waals surface area contributed by atoms with E-state index in [9.17, 15) is 0 Å². The van der Waals surface area contributed by atoms with Crippen molar-refractivity contribution in [1.29, 1.82) is 0 Å². The van der Waals surface area contributed by atoms with Gasteiger partial charge in [0.1, 0.15) is 0 Å². The molecule has 0 unspecified atom stereocenters. The molecule has 0 fully saturated rings. The third kappa shape index (κ3) is 3.93. The van der Waals surface area contributed by atoms with Crippen LogP contribution in [0.25, 0.3) is 0 Å². The zero-order valence-corrected chi connectivity index (χ0v) is 13.4. The molecule has 0 saturated heterocycles. The van der Waals surface area contributed by atoms with Crippen LogP contribution in [-0.2, 0) is 0 Å². The molecule has 2 aromatic rings. The summed E-state index contributed by atoms with van der Waals surface area (Å²) < 4.78 is 0.968. The standard InChI is InChI=1S/C14H12BrClN2S/c1-9-6-7-12(10(15)8-9)17-14(19)18-13-5-3-2-4-11(13)16/h2-8H,1H3,(H2,17,18,19). The number of benzene rings is 2. The van der Waals surface area contributed by atoms with Crippen LogP contribution >= 0.6 is 39.7 Å². The average molecular weight is 356 g/mol. The molecule has 0 saturated carbocycles. The molecule has 5 heteroatoms. The molecule has 0 radical (unpaired) electrons. The van der Waals surface area contributed by atoms with Crippen LogP contribution in [0.4, 0.5) is 11.4 Å².